The number of piperazine rings is 1. The van der Waals surface area contributed by atoms with E-state index >= 15 is 0 Å². The number of amides is 2. The van der Waals surface area contributed by atoms with Crippen LogP contribution in [0.1, 0.15) is 23.0 Å². The fraction of sp³-hybridized carbons (Fsp3) is 0.316. The average molecular weight is 356 g/mol. The summed E-state index contributed by atoms with van der Waals surface area (Å²) >= 11 is 0. The highest BCUT2D eigenvalue weighted by atomic mass is 19.1. The van der Waals surface area contributed by atoms with Crippen molar-refractivity contribution in [3.63, 3.8) is 0 Å². The number of pyridine rings is 1. The first-order valence-corrected chi connectivity index (χ1v) is 8.52. The number of hydrogen-bond acceptors (Lipinski definition) is 4. The first-order valence-electron chi connectivity index (χ1n) is 8.52. The Balaban J connectivity index is 1.63. The van der Waals surface area contributed by atoms with Crippen molar-refractivity contribution in [1.82, 2.24) is 15.2 Å². The van der Waals surface area contributed by atoms with E-state index in [-0.39, 0.29) is 29.9 Å². The first-order chi connectivity index (χ1) is 12.5. The van der Waals surface area contributed by atoms with Crippen LogP contribution in [0.5, 0.6) is 0 Å². The fourth-order valence-electron chi connectivity index (χ4n) is 2.93. The molecule has 3 rings (SSSR count). The maximum absolute atomic E-state index is 13.6. The van der Waals surface area contributed by atoms with Crippen molar-refractivity contribution in [2.24, 2.45) is 0 Å². The van der Waals surface area contributed by atoms with E-state index in [9.17, 15) is 14.0 Å². The van der Waals surface area contributed by atoms with Gasteiger partial charge in [0.2, 0.25) is 5.91 Å². The fourth-order valence-corrected chi connectivity index (χ4v) is 2.93. The van der Waals surface area contributed by atoms with Crippen LogP contribution in [0.2, 0.25) is 0 Å². The van der Waals surface area contributed by atoms with E-state index in [0.717, 1.165) is 5.69 Å². The number of carbonyl (C=O) groups excluding carboxylic acids is 2. The monoisotopic (exact) mass is 356 g/mol. The zero-order valence-electron chi connectivity index (χ0n) is 14.6. The maximum Gasteiger partial charge on any atom is 0.270 e. The number of nitrogens with one attached hydrogen (secondary N) is 1. The zero-order chi connectivity index (χ0) is 18.5. The molecule has 0 atom stereocenters. The van der Waals surface area contributed by atoms with Gasteiger partial charge >= 0.3 is 0 Å². The Morgan fingerprint density at radius 2 is 1.88 bits per heavy atom. The van der Waals surface area contributed by atoms with Gasteiger partial charge in [-0.1, -0.05) is 18.2 Å². The molecule has 0 unspecified atom stereocenters. The third-order valence-corrected chi connectivity index (χ3v) is 4.46. The smallest absolute Gasteiger partial charge is 0.270 e. The van der Waals surface area contributed by atoms with E-state index in [0.29, 0.717) is 31.7 Å². The number of nitrogens with zero attached hydrogens (tertiary/aromatic N) is 3. The van der Waals surface area contributed by atoms with Gasteiger partial charge in [-0.3, -0.25) is 14.6 Å². The molecular formula is C19H21FN4O2. The molecule has 1 saturated heterocycles. The number of aromatic nitrogens is 1. The second-order valence-corrected chi connectivity index (χ2v) is 6.17. The number of rotatable bonds is 4. The molecule has 1 aromatic heterocycles. The average Bonchev–Trinajstić information content (AvgIpc) is 2.67. The van der Waals surface area contributed by atoms with Crippen LogP contribution < -0.4 is 10.2 Å². The predicted molar refractivity (Wildman–Crippen MR) is 96.3 cm³/mol. The molecule has 0 bridgehead atoms. The second-order valence-electron chi connectivity index (χ2n) is 6.17. The minimum absolute atomic E-state index is 0.0765. The van der Waals surface area contributed by atoms with Gasteiger partial charge in [-0.2, -0.15) is 0 Å². The van der Waals surface area contributed by atoms with Gasteiger partial charge in [-0.15, -0.1) is 0 Å². The van der Waals surface area contributed by atoms with E-state index in [1.807, 2.05) is 6.07 Å². The molecule has 136 valence electrons. The Morgan fingerprint density at radius 3 is 2.58 bits per heavy atom. The molecule has 1 aliphatic heterocycles. The topological polar surface area (TPSA) is 65.5 Å². The van der Waals surface area contributed by atoms with E-state index in [1.165, 1.54) is 6.07 Å². The second kappa shape index (κ2) is 7.95. The quantitative estimate of drug-likeness (QED) is 0.908. The van der Waals surface area contributed by atoms with Crippen molar-refractivity contribution in [2.45, 2.75) is 13.5 Å². The number of anilines is 1. The van der Waals surface area contributed by atoms with Gasteiger partial charge in [0.25, 0.3) is 5.91 Å². The zero-order valence-corrected chi connectivity index (χ0v) is 14.6. The Morgan fingerprint density at radius 1 is 1.15 bits per heavy atom. The minimum atomic E-state index is -0.350. The van der Waals surface area contributed by atoms with E-state index in [4.69, 9.17) is 0 Å². The molecule has 1 fully saturated rings. The van der Waals surface area contributed by atoms with E-state index in [2.05, 4.69) is 15.2 Å². The molecule has 2 amide bonds. The molecule has 0 spiro atoms. The number of hydrogen-bond donors (Lipinski definition) is 1. The molecule has 2 heterocycles. The van der Waals surface area contributed by atoms with Gasteiger partial charge in [0.05, 0.1) is 0 Å². The highest BCUT2D eigenvalue weighted by Gasteiger charge is 2.19. The Labute approximate surface area is 151 Å². The largest absolute Gasteiger partial charge is 0.368 e. The lowest BCUT2D eigenvalue weighted by atomic mass is 10.2. The number of halogens is 1. The van der Waals surface area contributed by atoms with Crippen LogP contribution in [0.3, 0.4) is 0 Å². The molecule has 7 heteroatoms. The number of carbonyl (C=O) groups is 2. The summed E-state index contributed by atoms with van der Waals surface area (Å²) in [5.41, 5.74) is 1.60. The van der Waals surface area contributed by atoms with Crippen LogP contribution in [0, 0.1) is 5.82 Å². The highest BCUT2D eigenvalue weighted by Crippen LogP contribution is 2.17. The SMILES string of the molecule is CC(=O)N1CCN(c2ccnc(C(=O)NCc3ccccc3F)c2)CC1. The predicted octanol–water partition coefficient (Wildman–Crippen LogP) is 1.82. The van der Waals surface area contributed by atoms with E-state index < -0.39 is 0 Å². The molecule has 0 aliphatic carbocycles. The minimum Gasteiger partial charge on any atom is -0.368 e. The summed E-state index contributed by atoms with van der Waals surface area (Å²) in [5.74, 6) is -0.622. The van der Waals surface area contributed by atoms with Gasteiger partial charge in [0.1, 0.15) is 11.5 Å². The van der Waals surface area contributed by atoms with Crippen LogP contribution in [0.25, 0.3) is 0 Å². The Kier molecular flexibility index (Phi) is 5.46. The third-order valence-electron chi connectivity index (χ3n) is 4.46. The standard InChI is InChI=1S/C19H21FN4O2/c1-14(25)23-8-10-24(11-9-23)16-6-7-21-18(12-16)19(26)22-13-15-4-2-3-5-17(15)20/h2-7,12H,8-11,13H2,1H3,(H,22,26). The van der Waals surface area contributed by atoms with Crippen molar-refractivity contribution in [3.8, 4) is 0 Å². The summed E-state index contributed by atoms with van der Waals surface area (Å²) in [5, 5.41) is 2.70. The normalized spacial score (nSPS) is 14.2. The summed E-state index contributed by atoms with van der Waals surface area (Å²) in [6, 6.07) is 9.90. The molecule has 1 aromatic carbocycles. The van der Waals surface area contributed by atoms with Crippen LogP contribution in [0.15, 0.2) is 42.6 Å². The van der Waals surface area contributed by atoms with Crippen LogP contribution in [0.4, 0.5) is 10.1 Å². The summed E-state index contributed by atoms with van der Waals surface area (Å²) in [4.78, 5) is 31.8. The molecule has 2 aromatic rings. The van der Waals surface area contributed by atoms with Gasteiger partial charge in [0.15, 0.2) is 0 Å². The molecule has 26 heavy (non-hydrogen) atoms. The molecule has 1 aliphatic rings. The van der Waals surface area contributed by atoms with Gasteiger partial charge in [0, 0.05) is 57.1 Å². The molecule has 6 nitrogen and oxygen atoms in total. The lowest BCUT2D eigenvalue weighted by Gasteiger charge is -2.35. The lowest BCUT2D eigenvalue weighted by molar-refractivity contribution is -0.129. The van der Waals surface area contributed by atoms with Gasteiger partial charge in [-0.25, -0.2) is 4.39 Å². The maximum atomic E-state index is 13.6. The Hall–Kier alpha value is -2.96. The van der Waals surface area contributed by atoms with Gasteiger partial charge in [-0.05, 0) is 18.2 Å². The van der Waals surface area contributed by atoms with Gasteiger partial charge < -0.3 is 15.1 Å². The molecule has 1 N–H and O–H groups in total. The molecule has 0 saturated carbocycles. The summed E-state index contributed by atoms with van der Waals surface area (Å²) < 4.78 is 13.6. The van der Waals surface area contributed by atoms with Crippen LogP contribution in [-0.2, 0) is 11.3 Å². The van der Waals surface area contributed by atoms with Crippen molar-refractivity contribution in [2.75, 3.05) is 31.1 Å². The van der Waals surface area contributed by atoms with E-state index in [1.54, 1.807) is 42.3 Å². The van der Waals surface area contributed by atoms with Crippen LogP contribution >= 0.6 is 0 Å². The summed E-state index contributed by atoms with van der Waals surface area (Å²) in [6.07, 6.45) is 1.59. The van der Waals surface area contributed by atoms with Crippen LogP contribution in [-0.4, -0.2) is 47.9 Å². The number of benzene rings is 1. The van der Waals surface area contributed by atoms with Crippen molar-refractivity contribution < 1.29 is 14.0 Å². The van der Waals surface area contributed by atoms with Crippen molar-refractivity contribution in [3.05, 3.63) is 59.7 Å². The Bertz CT molecular complexity index is 804. The molecular weight excluding hydrogens is 335 g/mol. The summed E-state index contributed by atoms with van der Waals surface area (Å²) in [6.45, 7) is 4.41. The summed E-state index contributed by atoms with van der Waals surface area (Å²) in [7, 11) is 0. The first kappa shape index (κ1) is 17.8. The third kappa shape index (κ3) is 4.17. The highest BCUT2D eigenvalue weighted by molar-refractivity contribution is 5.93. The van der Waals surface area contributed by atoms with Crippen molar-refractivity contribution >= 4 is 17.5 Å². The molecule has 0 radical (unpaired) electrons. The van der Waals surface area contributed by atoms with Crippen molar-refractivity contribution in [1.29, 1.82) is 0 Å². The lowest BCUT2D eigenvalue weighted by Crippen LogP contribution is -2.48.